The number of carbonyl (C=O) groups excluding carboxylic acids is 1. The van der Waals surface area contributed by atoms with Gasteiger partial charge in [-0.2, -0.15) is 0 Å². The molecule has 2 atom stereocenters. The molecule has 128 valence electrons. The van der Waals surface area contributed by atoms with Crippen molar-refractivity contribution >= 4 is 11.9 Å². The van der Waals surface area contributed by atoms with Crippen LogP contribution in [0.2, 0.25) is 0 Å². The Labute approximate surface area is 134 Å². The third kappa shape index (κ3) is 7.81. The number of carboxylic acids is 1. The van der Waals surface area contributed by atoms with E-state index in [0.29, 0.717) is 6.42 Å². The molecule has 0 aliphatic carbocycles. The lowest BCUT2D eigenvalue weighted by Crippen LogP contribution is -2.23. The number of esters is 1. The minimum Gasteiger partial charge on any atom is -0.481 e. The first-order valence-corrected chi connectivity index (χ1v) is 9.07. The zero-order chi connectivity index (χ0) is 16.2. The standard InChI is InChI=1S/C18H32O4/c1-2-3-4-5-6-7-8-9-10-11-12-13-16-15(18(20)21)14-17(19)22-16/h15-16H,2-14H2,1H3,(H,20,21)/t15-,16+/m0/s1. The Bertz CT molecular complexity index is 327. The molecule has 0 aromatic rings. The van der Waals surface area contributed by atoms with Gasteiger partial charge in [0.2, 0.25) is 0 Å². The van der Waals surface area contributed by atoms with Crippen molar-refractivity contribution in [1.29, 1.82) is 0 Å². The minimum absolute atomic E-state index is 0.0397. The molecule has 0 aromatic carbocycles. The summed E-state index contributed by atoms with van der Waals surface area (Å²) in [4.78, 5) is 22.2. The van der Waals surface area contributed by atoms with E-state index in [1.165, 1.54) is 57.8 Å². The predicted molar refractivity (Wildman–Crippen MR) is 86.7 cm³/mol. The number of carbonyl (C=O) groups is 2. The van der Waals surface area contributed by atoms with E-state index in [2.05, 4.69) is 6.92 Å². The Hall–Kier alpha value is -1.06. The molecule has 4 nitrogen and oxygen atoms in total. The predicted octanol–water partition coefficient (Wildman–Crippen LogP) is 4.70. The summed E-state index contributed by atoms with van der Waals surface area (Å²) in [6.45, 7) is 2.24. The summed E-state index contributed by atoms with van der Waals surface area (Å²) in [7, 11) is 0. The Morgan fingerprint density at radius 2 is 1.50 bits per heavy atom. The largest absolute Gasteiger partial charge is 0.481 e. The van der Waals surface area contributed by atoms with Crippen LogP contribution in [-0.2, 0) is 14.3 Å². The summed E-state index contributed by atoms with van der Waals surface area (Å²) in [6, 6.07) is 0. The zero-order valence-electron chi connectivity index (χ0n) is 14.0. The van der Waals surface area contributed by atoms with Crippen LogP contribution in [0.25, 0.3) is 0 Å². The highest BCUT2D eigenvalue weighted by atomic mass is 16.6. The maximum absolute atomic E-state index is 11.2. The first-order chi connectivity index (χ1) is 10.6. The maximum Gasteiger partial charge on any atom is 0.310 e. The molecule has 0 amide bonds. The van der Waals surface area contributed by atoms with Gasteiger partial charge in [-0.1, -0.05) is 71.1 Å². The van der Waals surface area contributed by atoms with Gasteiger partial charge in [-0.25, -0.2) is 0 Å². The fourth-order valence-electron chi connectivity index (χ4n) is 3.13. The van der Waals surface area contributed by atoms with Crippen molar-refractivity contribution in [2.45, 2.75) is 96.5 Å². The lowest BCUT2D eigenvalue weighted by molar-refractivity contribution is -0.144. The summed E-state index contributed by atoms with van der Waals surface area (Å²) in [5, 5.41) is 9.05. The van der Waals surface area contributed by atoms with Gasteiger partial charge in [0.05, 0.1) is 6.42 Å². The van der Waals surface area contributed by atoms with E-state index in [-0.39, 0.29) is 12.4 Å². The average Bonchev–Trinajstić information content (AvgIpc) is 2.86. The molecule has 1 heterocycles. The Kier molecular flexibility index (Phi) is 9.93. The summed E-state index contributed by atoms with van der Waals surface area (Å²) < 4.78 is 5.11. The third-order valence-electron chi connectivity index (χ3n) is 4.53. The van der Waals surface area contributed by atoms with Crippen LogP contribution in [0.5, 0.6) is 0 Å². The van der Waals surface area contributed by atoms with Crippen molar-refractivity contribution in [3.05, 3.63) is 0 Å². The number of ether oxygens (including phenoxy) is 1. The summed E-state index contributed by atoms with van der Waals surface area (Å²) in [5.41, 5.74) is 0. The molecular weight excluding hydrogens is 280 g/mol. The third-order valence-corrected chi connectivity index (χ3v) is 4.53. The first-order valence-electron chi connectivity index (χ1n) is 9.07. The number of unbranched alkanes of at least 4 members (excludes halogenated alkanes) is 10. The van der Waals surface area contributed by atoms with Crippen molar-refractivity contribution in [3.8, 4) is 0 Å². The van der Waals surface area contributed by atoms with Crippen molar-refractivity contribution in [3.63, 3.8) is 0 Å². The van der Waals surface area contributed by atoms with Crippen LogP contribution in [0.4, 0.5) is 0 Å². The summed E-state index contributed by atoms with van der Waals surface area (Å²) >= 11 is 0. The van der Waals surface area contributed by atoms with Crippen molar-refractivity contribution in [2.75, 3.05) is 0 Å². The fourth-order valence-corrected chi connectivity index (χ4v) is 3.13. The molecule has 22 heavy (non-hydrogen) atoms. The molecule has 4 heteroatoms. The lowest BCUT2D eigenvalue weighted by atomic mass is 9.96. The summed E-state index contributed by atoms with van der Waals surface area (Å²) in [5.74, 6) is -1.89. The SMILES string of the molecule is CCCCCCCCCCCCC[C@H]1OC(=O)C[C@@H]1C(=O)O. The molecule has 0 saturated carbocycles. The second-order valence-electron chi connectivity index (χ2n) is 6.50. The van der Waals surface area contributed by atoms with E-state index < -0.39 is 18.0 Å². The molecule has 1 aliphatic rings. The van der Waals surface area contributed by atoms with Gasteiger partial charge in [-0.15, -0.1) is 0 Å². The smallest absolute Gasteiger partial charge is 0.310 e. The van der Waals surface area contributed by atoms with Crippen LogP contribution in [0, 0.1) is 5.92 Å². The molecule has 0 aromatic heterocycles. The molecule has 1 fully saturated rings. The van der Waals surface area contributed by atoms with Crippen LogP contribution < -0.4 is 0 Å². The molecule has 0 spiro atoms. The van der Waals surface area contributed by atoms with E-state index in [1.807, 2.05) is 0 Å². The van der Waals surface area contributed by atoms with Gasteiger partial charge >= 0.3 is 11.9 Å². The number of hydrogen-bond donors (Lipinski definition) is 1. The number of aliphatic carboxylic acids is 1. The van der Waals surface area contributed by atoms with E-state index in [1.54, 1.807) is 0 Å². The van der Waals surface area contributed by atoms with E-state index in [9.17, 15) is 9.59 Å². The van der Waals surface area contributed by atoms with Crippen molar-refractivity contribution in [1.82, 2.24) is 0 Å². The van der Waals surface area contributed by atoms with Crippen molar-refractivity contribution in [2.24, 2.45) is 5.92 Å². The normalized spacial score (nSPS) is 21.0. The highest BCUT2D eigenvalue weighted by molar-refractivity contribution is 5.82. The Morgan fingerprint density at radius 3 is 2.00 bits per heavy atom. The molecule has 1 N–H and O–H groups in total. The van der Waals surface area contributed by atoms with Crippen LogP contribution in [0.1, 0.15) is 90.4 Å². The quantitative estimate of drug-likeness (QED) is 0.395. The first kappa shape index (κ1) is 19.0. The molecule has 1 aliphatic heterocycles. The lowest BCUT2D eigenvalue weighted by Gasteiger charge is -2.13. The molecule has 0 radical (unpaired) electrons. The molecule has 1 saturated heterocycles. The number of cyclic esters (lactones) is 1. The minimum atomic E-state index is -0.904. The topological polar surface area (TPSA) is 63.6 Å². The average molecular weight is 312 g/mol. The monoisotopic (exact) mass is 312 g/mol. The second-order valence-corrected chi connectivity index (χ2v) is 6.50. The van der Waals surface area contributed by atoms with E-state index in [4.69, 9.17) is 9.84 Å². The van der Waals surface area contributed by atoms with Crippen LogP contribution in [0.15, 0.2) is 0 Å². The highest BCUT2D eigenvalue weighted by Gasteiger charge is 2.39. The van der Waals surface area contributed by atoms with Gasteiger partial charge in [-0.3, -0.25) is 9.59 Å². The molecule has 0 bridgehead atoms. The Balaban J connectivity index is 1.93. The van der Waals surface area contributed by atoms with Crippen LogP contribution in [0.3, 0.4) is 0 Å². The van der Waals surface area contributed by atoms with Gasteiger partial charge in [0, 0.05) is 0 Å². The maximum atomic E-state index is 11.2. The fraction of sp³-hybridized carbons (Fsp3) is 0.889. The second kappa shape index (κ2) is 11.5. The summed E-state index contributed by atoms with van der Waals surface area (Å²) in [6.07, 6.45) is 14.3. The van der Waals surface area contributed by atoms with Gasteiger partial charge in [0.15, 0.2) is 0 Å². The highest BCUT2D eigenvalue weighted by Crippen LogP contribution is 2.26. The van der Waals surface area contributed by atoms with Gasteiger partial charge in [0.1, 0.15) is 12.0 Å². The number of hydrogen-bond acceptors (Lipinski definition) is 3. The molecule has 1 rings (SSSR count). The van der Waals surface area contributed by atoms with Gasteiger partial charge in [0.25, 0.3) is 0 Å². The van der Waals surface area contributed by atoms with Crippen LogP contribution >= 0.6 is 0 Å². The molecular formula is C18H32O4. The number of carboxylic acid groups (broad SMARTS) is 1. The van der Waals surface area contributed by atoms with Crippen molar-refractivity contribution < 1.29 is 19.4 Å². The van der Waals surface area contributed by atoms with Gasteiger partial charge < -0.3 is 9.84 Å². The number of rotatable bonds is 13. The Morgan fingerprint density at radius 1 is 1.00 bits per heavy atom. The molecule has 0 unspecified atom stereocenters. The zero-order valence-corrected chi connectivity index (χ0v) is 14.0. The van der Waals surface area contributed by atoms with Gasteiger partial charge in [-0.05, 0) is 12.8 Å². The van der Waals surface area contributed by atoms with E-state index in [0.717, 1.165) is 12.8 Å². The van der Waals surface area contributed by atoms with E-state index >= 15 is 0 Å². The van der Waals surface area contributed by atoms with Crippen LogP contribution in [-0.4, -0.2) is 23.1 Å².